The molecule has 4 heteroatoms. The third kappa shape index (κ3) is 1.34. The second kappa shape index (κ2) is 3.40. The van der Waals surface area contributed by atoms with Crippen LogP contribution < -0.4 is 5.32 Å². The highest BCUT2D eigenvalue weighted by Gasteiger charge is 2.42. The van der Waals surface area contributed by atoms with Crippen LogP contribution in [0.25, 0.3) is 0 Å². The first-order chi connectivity index (χ1) is 8.22. The third-order valence-electron chi connectivity index (χ3n) is 2.94. The summed E-state index contributed by atoms with van der Waals surface area (Å²) in [5, 5.41) is 13.2. The lowest BCUT2D eigenvalue weighted by Gasteiger charge is -2.23. The lowest BCUT2D eigenvalue weighted by Crippen LogP contribution is -2.40. The van der Waals surface area contributed by atoms with Crippen molar-refractivity contribution in [2.24, 2.45) is 0 Å². The summed E-state index contributed by atoms with van der Waals surface area (Å²) in [5.74, 6) is -0.284. The maximum absolute atomic E-state index is 11.8. The van der Waals surface area contributed by atoms with Gasteiger partial charge in [-0.1, -0.05) is 30.3 Å². The van der Waals surface area contributed by atoms with Crippen LogP contribution in [0.3, 0.4) is 0 Å². The number of hydrogen-bond donors (Lipinski definition) is 2. The zero-order valence-electron chi connectivity index (χ0n) is 8.92. The molecule has 1 unspecified atom stereocenters. The van der Waals surface area contributed by atoms with Crippen molar-refractivity contribution in [3.05, 3.63) is 65.5 Å². The lowest BCUT2D eigenvalue weighted by atomic mass is 9.96. The van der Waals surface area contributed by atoms with Gasteiger partial charge in [-0.05, 0) is 6.07 Å². The second-order valence-corrected chi connectivity index (χ2v) is 3.95. The number of aliphatic hydroxyl groups is 1. The summed E-state index contributed by atoms with van der Waals surface area (Å²) in [6.45, 7) is 0. The molecule has 4 nitrogen and oxygen atoms in total. The van der Waals surface area contributed by atoms with Crippen molar-refractivity contribution in [2.45, 2.75) is 5.72 Å². The topological polar surface area (TPSA) is 62.2 Å². The monoisotopic (exact) mass is 226 g/mol. The van der Waals surface area contributed by atoms with E-state index in [9.17, 15) is 9.90 Å². The molecule has 1 amide bonds. The molecule has 0 radical (unpaired) electrons. The molecule has 1 aliphatic heterocycles. The molecule has 0 saturated heterocycles. The molecule has 0 aliphatic carbocycles. The molecule has 0 saturated carbocycles. The van der Waals surface area contributed by atoms with Crippen LogP contribution in [0.5, 0.6) is 0 Å². The van der Waals surface area contributed by atoms with Crippen LogP contribution in [0.15, 0.2) is 48.8 Å². The Balaban J connectivity index is 2.21. The summed E-state index contributed by atoms with van der Waals surface area (Å²) < 4.78 is 0. The molecule has 17 heavy (non-hydrogen) atoms. The van der Waals surface area contributed by atoms with Crippen molar-refractivity contribution in [3.63, 3.8) is 0 Å². The molecule has 0 bridgehead atoms. The van der Waals surface area contributed by atoms with Crippen LogP contribution in [-0.4, -0.2) is 16.0 Å². The van der Waals surface area contributed by atoms with Crippen LogP contribution in [0, 0.1) is 0 Å². The van der Waals surface area contributed by atoms with E-state index in [1.807, 2.05) is 18.2 Å². The van der Waals surface area contributed by atoms with Crippen LogP contribution in [0.1, 0.15) is 21.5 Å². The van der Waals surface area contributed by atoms with E-state index in [0.717, 1.165) is 0 Å². The number of pyridine rings is 1. The van der Waals surface area contributed by atoms with Crippen LogP contribution in [0.4, 0.5) is 0 Å². The number of carbonyl (C=O) groups excluding carboxylic acids is 1. The highest BCUT2D eigenvalue weighted by molar-refractivity contribution is 6.00. The fourth-order valence-corrected chi connectivity index (χ4v) is 2.09. The molecule has 1 aromatic heterocycles. The summed E-state index contributed by atoms with van der Waals surface area (Å²) in [7, 11) is 0. The number of nitrogens with one attached hydrogen (secondary N) is 1. The summed E-state index contributed by atoms with van der Waals surface area (Å²) >= 11 is 0. The summed E-state index contributed by atoms with van der Waals surface area (Å²) in [4.78, 5) is 15.7. The Kier molecular flexibility index (Phi) is 2.00. The maximum Gasteiger partial charge on any atom is 0.254 e. The van der Waals surface area contributed by atoms with Crippen molar-refractivity contribution < 1.29 is 9.90 Å². The number of fused-ring (bicyclic) bond motifs is 1. The molecule has 0 spiro atoms. The largest absolute Gasteiger partial charge is 0.363 e. The van der Waals surface area contributed by atoms with Gasteiger partial charge in [-0.25, -0.2) is 0 Å². The van der Waals surface area contributed by atoms with Gasteiger partial charge in [-0.15, -0.1) is 0 Å². The normalized spacial score (nSPS) is 22.1. The quantitative estimate of drug-likeness (QED) is 0.763. The van der Waals surface area contributed by atoms with Crippen molar-refractivity contribution in [2.75, 3.05) is 0 Å². The summed E-state index contributed by atoms with van der Waals surface area (Å²) in [5.41, 5.74) is 0.115. The van der Waals surface area contributed by atoms with Crippen LogP contribution >= 0.6 is 0 Å². The number of carbonyl (C=O) groups is 1. The third-order valence-corrected chi connectivity index (χ3v) is 2.94. The van der Waals surface area contributed by atoms with Crippen molar-refractivity contribution in [3.8, 4) is 0 Å². The van der Waals surface area contributed by atoms with Gasteiger partial charge in [0.1, 0.15) is 0 Å². The smallest absolute Gasteiger partial charge is 0.254 e. The van der Waals surface area contributed by atoms with Gasteiger partial charge in [0.05, 0.1) is 5.56 Å². The van der Waals surface area contributed by atoms with Gasteiger partial charge in [0.15, 0.2) is 5.72 Å². The van der Waals surface area contributed by atoms with Gasteiger partial charge in [-0.2, -0.15) is 0 Å². The number of rotatable bonds is 1. The first-order valence-corrected chi connectivity index (χ1v) is 5.27. The molecule has 84 valence electrons. The highest BCUT2D eigenvalue weighted by Crippen LogP contribution is 2.33. The van der Waals surface area contributed by atoms with Crippen LogP contribution in [-0.2, 0) is 5.72 Å². The Labute approximate surface area is 97.9 Å². The standard InChI is InChI=1S/C13H10N2O2/c16-12-10-6-7-14-8-11(10)13(17,15-12)9-4-2-1-3-5-9/h1-8,17H,(H,15,16). The predicted octanol–water partition coefficient (Wildman–Crippen LogP) is 1.02. The van der Waals surface area contributed by atoms with E-state index in [0.29, 0.717) is 16.7 Å². The van der Waals surface area contributed by atoms with Gasteiger partial charge in [-0.3, -0.25) is 9.78 Å². The van der Waals surface area contributed by atoms with Gasteiger partial charge in [0, 0.05) is 23.5 Å². The van der Waals surface area contributed by atoms with Gasteiger partial charge in [0.25, 0.3) is 5.91 Å². The van der Waals surface area contributed by atoms with Crippen molar-refractivity contribution >= 4 is 5.91 Å². The zero-order chi connectivity index (χ0) is 11.9. The Bertz CT molecular complexity index is 583. The molecule has 1 aromatic carbocycles. The average molecular weight is 226 g/mol. The highest BCUT2D eigenvalue weighted by atomic mass is 16.3. The molecule has 1 atom stereocenters. The van der Waals surface area contributed by atoms with E-state index in [1.54, 1.807) is 18.2 Å². The molecule has 0 fully saturated rings. The number of nitrogens with zero attached hydrogens (tertiary/aromatic N) is 1. The molecule has 2 heterocycles. The van der Waals surface area contributed by atoms with Crippen molar-refractivity contribution in [1.82, 2.24) is 10.3 Å². The molecular formula is C13H10N2O2. The minimum atomic E-state index is -1.47. The first-order valence-electron chi connectivity index (χ1n) is 5.27. The Hall–Kier alpha value is -2.20. The van der Waals surface area contributed by atoms with E-state index in [4.69, 9.17) is 0 Å². The Morgan fingerprint density at radius 2 is 1.94 bits per heavy atom. The SMILES string of the molecule is O=C1NC(O)(c2ccccc2)c2cnccc21. The first kappa shape index (κ1) is 9.99. The molecule has 3 rings (SSSR count). The van der Waals surface area contributed by atoms with Gasteiger partial charge < -0.3 is 10.4 Å². The number of benzene rings is 1. The summed E-state index contributed by atoms with van der Waals surface area (Å²) in [6.07, 6.45) is 3.05. The predicted molar refractivity (Wildman–Crippen MR) is 61.1 cm³/mol. The number of amides is 1. The summed E-state index contributed by atoms with van der Waals surface area (Å²) in [6, 6.07) is 10.6. The Morgan fingerprint density at radius 1 is 1.18 bits per heavy atom. The molecule has 2 N–H and O–H groups in total. The van der Waals surface area contributed by atoms with E-state index in [2.05, 4.69) is 10.3 Å². The minimum absolute atomic E-state index is 0.284. The average Bonchev–Trinajstić information content (AvgIpc) is 2.65. The number of aromatic nitrogens is 1. The van der Waals surface area contributed by atoms with E-state index < -0.39 is 5.72 Å². The van der Waals surface area contributed by atoms with Gasteiger partial charge in [0.2, 0.25) is 0 Å². The van der Waals surface area contributed by atoms with E-state index >= 15 is 0 Å². The minimum Gasteiger partial charge on any atom is -0.363 e. The van der Waals surface area contributed by atoms with Crippen molar-refractivity contribution in [1.29, 1.82) is 0 Å². The number of hydrogen-bond acceptors (Lipinski definition) is 3. The van der Waals surface area contributed by atoms with E-state index in [1.165, 1.54) is 12.4 Å². The lowest BCUT2D eigenvalue weighted by molar-refractivity contribution is 0.0474. The molecular weight excluding hydrogens is 216 g/mol. The fraction of sp³-hybridized carbons (Fsp3) is 0.0769. The van der Waals surface area contributed by atoms with Gasteiger partial charge >= 0.3 is 0 Å². The van der Waals surface area contributed by atoms with E-state index in [-0.39, 0.29) is 5.91 Å². The zero-order valence-corrected chi connectivity index (χ0v) is 8.92. The van der Waals surface area contributed by atoms with Crippen LogP contribution in [0.2, 0.25) is 0 Å². The fourth-order valence-electron chi connectivity index (χ4n) is 2.09. The molecule has 1 aliphatic rings. The molecule has 2 aromatic rings. The second-order valence-electron chi connectivity index (χ2n) is 3.95. The maximum atomic E-state index is 11.8. The Morgan fingerprint density at radius 3 is 2.71 bits per heavy atom.